The number of amides is 1. The Labute approximate surface area is 198 Å². The number of nitrogens with zero attached hydrogens (tertiary/aromatic N) is 3. The molecular weight excluding hydrogens is 432 g/mol. The summed E-state index contributed by atoms with van der Waals surface area (Å²) in [6.07, 6.45) is 5.34. The van der Waals surface area contributed by atoms with Gasteiger partial charge in [0.15, 0.2) is 0 Å². The van der Waals surface area contributed by atoms with Crippen LogP contribution in [0.2, 0.25) is 5.02 Å². The van der Waals surface area contributed by atoms with E-state index in [0.29, 0.717) is 10.6 Å². The highest BCUT2D eigenvalue weighted by Crippen LogP contribution is 2.27. The number of pyridine rings is 2. The number of rotatable bonds is 5. The Bertz CT molecular complexity index is 1260. The van der Waals surface area contributed by atoms with Crippen LogP contribution in [0.5, 0.6) is 0 Å². The molecule has 2 aromatic heterocycles. The maximum Gasteiger partial charge on any atom is 0.252 e. The highest BCUT2D eigenvalue weighted by molar-refractivity contribution is 6.31. The van der Waals surface area contributed by atoms with Gasteiger partial charge in [-0.1, -0.05) is 41.9 Å². The summed E-state index contributed by atoms with van der Waals surface area (Å²) in [5, 5.41) is 4.60. The molecule has 1 aliphatic heterocycles. The average Bonchev–Trinajstić information content (AvgIpc) is 2.86. The predicted molar refractivity (Wildman–Crippen MR) is 132 cm³/mol. The summed E-state index contributed by atoms with van der Waals surface area (Å²) >= 11 is 6.25. The van der Waals surface area contributed by atoms with Crippen LogP contribution >= 0.6 is 11.6 Å². The zero-order valence-electron chi connectivity index (χ0n) is 18.2. The van der Waals surface area contributed by atoms with Crippen molar-refractivity contribution < 1.29 is 4.79 Å². The van der Waals surface area contributed by atoms with Crippen LogP contribution in [0.1, 0.15) is 28.8 Å². The van der Waals surface area contributed by atoms with E-state index in [1.807, 2.05) is 36.4 Å². The van der Waals surface area contributed by atoms with Gasteiger partial charge in [-0.15, -0.1) is 0 Å². The Kier molecular flexibility index (Phi) is 6.33. The molecule has 5 rings (SSSR count). The molecule has 4 aromatic rings. The van der Waals surface area contributed by atoms with E-state index in [-0.39, 0.29) is 11.9 Å². The van der Waals surface area contributed by atoms with E-state index in [9.17, 15) is 4.79 Å². The smallest absolute Gasteiger partial charge is 0.252 e. The number of nitrogens with one attached hydrogen (secondary N) is 1. The summed E-state index contributed by atoms with van der Waals surface area (Å²) in [6, 6.07) is 21.8. The van der Waals surface area contributed by atoms with Crippen molar-refractivity contribution in [3.8, 4) is 11.3 Å². The van der Waals surface area contributed by atoms with Gasteiger partial charge in [0.1, 0.15) is 0 Å². The molecule has 0 spiro atoms. The summed E-state index contributed by atoms with van der Waals surface area (Å²) in [5.74, 6) is -0.0867. The quantitative estimate of drug-likeness (QED) is 0.440. The van der Waals surface area contributed by atoms with E-state index in [1.165, 1.54) is 5.56 Å². The molecule has 5 nitrogen and oxygen atoms in total. The molecule has 33 heavy (non-hydrogen) atoms. The number of fused-ring (bicyclic) bond motifs is 1. The molecule has 0 atom stereocenters. The number of hydrogen-bond donors (Lipinski definition) is 1. The molecule has 0 saturated carbocycles. The van der Waals surface area contributed by atoms with Crippen LogP contribution in [-0.2, 0) is 6.54 Å². The minimum absolute atomic E-state index is 0.0867. The van der Waals surface area contributed by atoms with Gasteiger partial charge in [0.05, 0.1) is 16.8 Å². The second kappa shape index (κ2) is 9.69. The van der Waals surface area contributed by atoms with Crippen molar-refractivity contribution in [3.63, 3.8) is 0 Å². The van der Waals surface area contributed by atoms with E-state index in [2.05, 4.69) is 39.5 Å². The first-order valence-electron chi connectivity index (χ1n) is 11.2. The normalized spacial score (nSPS) is 14.9. The minimum atomic E-state index is -0.0867. The summed E-state index contributed by atoms with van der Waals surface area (Å²) in [6.45, 7) is 2.87. The lowest BCUT2D eigenvalue weighted by atomic mass is 10.0. The third-order valence-electron chi connectivity index (χ3n) is 6.14. The van der Waals surface area contributed by atoms with Crippen molar-refractivity contribution in [3.05, 3.63) is 95.3 Å². The topological polar surface area (TPSA) is 58.1 Å². The fourth-order valence-corrected chi connectivity index (χ4v) is 4.56. The van der Waals surface area contributed by atoms with Crippen molar-refractivity contribution in [2.75, 3.05) is 13.1 Å². The summed E-state index contributed by atoms with van der Waals surface area (Å²) in [7, 11) is 0. The Balaban J connectivity index is 1.33. The number of hydrogen-bond acceptors (Lipinski definition) is 4. The van der Waals surface area contributed by atoms with Crippen LogP contribution in [-0.4, -0.2) is 39.9 Å². The fraction of sp³-hybridized carbons (Fsp3) is 0.222. The molecule has 0 radical (unpaired) electrons. The van der Waals surface area contributed by atoms with Crippen molar-refractivity contribution in [1.82, 2.24) is 20.2 Å². The predicted octanol–water partition coefficient (Wildman–Crippen LogP) is 5.34. The van der Waals surface area contributed by atoms with E-state index in [1.54, 1.807) is 18.5 Å². The molecule has 6 heteroatoms. The van der Waals surface area contributed by atoms with Gasteiger partial charge in [-0.3, -0.25) is 14.7 Å². The summed E-state index contributed by atoms with van der Waals surface area (Å²) < 4.78 is 0. The second-order valence-corrected chi connectivity index (χ2v) is 8.90. The third-order valence-corrected chi connectivity index (χ3v) is 6.38. The van der Waals surface area contributed by atoms with Crippen molar-refractivity contribution in [2.45, 2.75) is 25.4 Å². The lowest BCUT2D eigenvalue weighted by Crippen LogP contribution is -2.44. The number of aromatic nitrogens is 2. The number of piperidine rings is 1. The molecule has 1 saturated heterocycles. The first kappa shape index (κ1) is 21.6. The summed E-state index contributed by atoms with van der Waals surface area (Å²) in [4.78, 5) is 24.8. The first-order chi connectivity index (χ1) is 16.2. The highest BCUT2D eigenvalue weighted by Gasteiger charge is 2.23. The van der Waals surface area contributed by atoms with Gasteiger partial charge in [0.25, 0.3) is 5.91 Å². The van der Waals surface area contributed by atoms with Gasteiger partial charge in [-0.05, 0) is 54.8 Å². The number of carbonyl (C=O) groups excluding carboxylic acids is 1. The molecule has 166 valence electrons. The number of halogens is 1. The van der Waals surface area contributed by atoms with Crippen LogP contribution in [0.25, 0.3) is 22.2 Å². The lowest BCUT2D eigenvalue weighted by molar-refractivity contribution is 0.0910. The zero-order valence-corrected chi connectivity index (χ0v) is 19.0. The Hall–Kier alpha value is -3.28. The Morgan fingerprint density at radius 1 is 1.03 bits per heavy atom. The molecule has 0 bridgehead atoms. The standard InChI is InChI=1S/C27H25ClN4O/c28-21-8-9-25-23(15-21)24(16-26(31-25)20-7-4-12-29-17-20)27(33)30-22-10-13-32(14-11-22)18-19-5-2-1-3-6-19/h1-9,12,15-17,22H,10-11,13-14,18H2,(H,30,33). The largest absolute Gasteiger partial charge is 0.349 e. The summed E-state index contributed by atoms with van der Waals surface area (Å²) in [5.41, 5.74) is 4.25. The second-order valence-electron chi connectivity index (χ2n) is 8.47. The number of benzene rings is 2. The Morgan fingerprint density at radius 3 is 2.61 bits per heavy atom. The van der Waals surface area contributed by atoms with E-state index >= 15 is 0 Å². The first-order valence-corrected chi connectivity index (χ1v) is 11.6. The van der Waals surface area contributed by atoms with Crippen LogP contribution < -0.4 is 5.32 Å². The fourth-order valence-electron chi connectivity index (χ4n) is 4.39. The van der Waals surface area contributed by atoms with Gasteiger partial charge in [0, 0.05) is 54.0 Å². The third kappa shape index (κ3) is 5.05. The van der Waals surface area contributed by atoms with Crippen LogP contribution in [0, 0.1) is 0 Å². The van der Waals surface area contributed by atoms with Gasteiger partial charge in [-0.25, -0.2) is 4.98 Å². The maximum absolute atomic E-state index is 13.4. The maximum atomic E-state index is 13.4. The Morgan fingerprint density at radius 2 is 1.85 bits per heavy atom. The van der Waals surface area contributed by atoms with Crippen LogP contribution in [0.3, 0.4) is 0 Å². The molecule has 1 fully saturated rings. The van der Waals surface area contributed by atoms with Crippen LogP contribution in [0.4, 0.5) is 0 Å². The zero-order chi connectivity index (χ0) is 22.6. The van der Waals surface area contributed by atoms with Gasteiger partial charge >= 0.3 is 0 Å². The molecule has 1 N–H and O–H groups in total. The van der Waals surface area contributed by atoms with Gasteiger partial charge in [0.2, 0.25) is 0 Å². The van der Waals surface area contributed by atoms with Crippen molar-refractivity contribution in [1.29, 1.82) is 0 Å². The van der Waals surface area contributed by atoms with Gasteiger partial charge in [-0.2, -0.15) is 0 Å². The lowest BCUT2D eigenvalue weighted by Gasteiger charge is -2.32. The molecular formula is C27H25ClN4O. The monoisotopic (exact) mass is 456 g/mol. The number of likely N-dealkylation sites (tertiary alicyclic amines) is 1. The van der Waals surface area contributed by atoms with E-state index < -0.39 is 0 Å². The highest BCUT2D eigenvalue weighted by atomic mass is 35.5. The number of carbonyl (C=O) groups is 1. The minimum Gasteiger partial charge on any atom is -0.349 e. The molecule has 3 heterocycles. The van der Waals surface area contributed by atoms with Crippen LogP contribution in [0.15, 0.2) is 79.1 Å². The molecule has 0 aliphatic carbocycles. The van der Waals surface area contributed by atoms with Crippen molar-refractivity contribution >= 4 is 28.4 Å². The van der Waals surface area contributed by atoms with E-state index in [0.717, 1.165) is 54.6 Å². The molecule has 1 amide bonds. The van der Waals surface area contributed by atoms with Crippen molar-refractivity contribution in [2.24, 2.45) is 0 Å². The SMILES string of the molecule is O=C(NC1CCN(Cc2ccccc2)CC1)c1cc(-c2cccnc2)nc2ccc(Cl)cc12. The average molecular weight is 457 g/mol. The molecule has 1 aliphatic rings. The van der Waals surface area contributed by atoms with Gasteiger partial charge < -0.3 is 5.32 Å². The molecule has 0 unspecified atom stereocenters. The molecule has 2 aromatic carbocycles. The van der Waals surface area contributed by atoms with E-state index in [4.69, 9.17) is 16.6 Å².